The van der Waals surface area contributed by atoms with Gasteiger partial charge < -0.3 is 9.26 Å². The molecule has 8 heteroatoms. The van der Waals surface area contributed by atoms with Crippen molar-refractivity contribution in [2.24, 2.45) is 0 Å². The monoisotopic (exact) mass is 361 g/mol. The number of halogens is 1. The number of carbonyl (C=O) groups excluding carboxylic acids is 1. The number of benzene rings is 1. The predicted molar refractivity (Wildman–Crippen MR) is 90.4 cm³/mol. The molecule has 0 bridgehead atoms. The van der Waals surface area contributed by atoms with Crippen LogP contribution in [0.1, 0.15) is 27.5 Å². The van der Waals surface area contributed by atoms with Crippen LogP contribution in [0, 0.1) is 19.7 Å². The standard InChI is InChI=1S/C17H16FN3O3S/c1-10-14(11(2)24-20-10)9-23-16(22)15-8-19-17(25-3)21(15)13-6-4-12(18)5-7-13/h4-8H,9H2,1-3H3. The summed E-state index contributed by atoms with van der Waals surface area (Å²) < 4.78 is 25.3. The van der Waals surface area contributed by atoms with E-state index < -0.39 is 5.97 Å². The van der Waals surface area contributed by atoms with Gasteiger partial charge >= 0.3 is 5.97 Å². The lowest BCUT2D eigenvalue weighted by Gasteiger charge is -2.11. The fourth-order valence-electron chi connectivity index (χ4n) is 2.38. The Bertz CT molecular complexity index is 883. The van der Waals surface area contributed by atoms with E-state index in [4.69, 9.17) is 9.26 Å². The number of aromatic nitrogens is 3. The first-order valence-corrected chi connectivity index (χ1v) is 8.70. The number of esters is 1. The lowest BCUT2D eigenvalue weighted by atomic mass is 10.2. The number of aryl methyl sites for hydroxylation is 2. The molecule has 25 heavy (non-hydrogen) atoms. The molecule has 0 aliphatic rings. The quantitative estimate of drug-likeness (QED) is 0.510. The molecule has 2 heterocycles. The number of nitrogens with zero attached hydrogens (tertiary/aromatic N) is 3. The molecular formula is C17H16FN3O3S. The first-order chi connectivity index (χ1) is 12.0. The third-order valence-corrected chi connectivity index (χ3v) is 4.39. The Hall–Kier alpha value is -2.61. The molecule has 0 saturated heterocycles. The number of carbonyl (C=O) groups is 1. The maximum atomic E-state index is 13.2. The molecule has 0 aliphatic carbocycles. The minimum atomic E-state index is -0.530. The van der Waals surface area contributed by atoms with Crippen molar-refractivity contribution in [1.82, 2.24) is 14.7 Å². The van der Waals surface area contributed by atoms with E-state index in [1.165, 1.54) is 30.1 Å². The van der Waals surface area contributed by atoms with Gasteiger partial charge in [-0.15, -0.1) is 0 Å². The van der Waals surface area contributed by atoms with Crippen molar-refractivity contribution >= 4 is 17.7 Å². The molecule has 6 nitrogen and oxygen atoms in total. The Labute approximate surface area is 148 Å². The van der Waals surface area contributed by atoms with E-state index in [0.717, 1.165) is 5.56 Å². The van der Waals surface area contributed by atoms with E-state index in [-0.39, 0.29) is 18.1 Å². The van der Waals surface area contributed by atoms with Gasteiger partial charge in [-0.25, -0.2) is 14.2 Å². The normalized spacial score (nSPS) is 10.9. The highest BCUT2D eigenvalue weighted by Crippen LogP contribution is 2.23. The molecule has 0 unspecified atom stereocenters. The van der Waals surface area contributed by atoms with E-state index >= 15 is 0 Å². The number of imidazole rings is 1. The largest absolute Gasteiger partial charge is 0.456 e. The van der Waals surface area contributed by atoms with Crippen LogP contribution in [0.4, 0.5) is 4.39 Å². The van der Waals surface area contributed by atoms with Gasteiger partial charge in [0.15, 0.2) is 10.9 Å². The van der Waals surface area contributed by atoms with E-state index in [1.807, 2.05) is 6.26 Å². The van der Waals surface area contributed by atoms with Crippen LogP contribution in [0.2, 0.25) is 0 Å². The molecule has 130 valence electrons. The molecular weight excluding hydrogens is 345 g/mol. The maximum Gasteiger partial charge on any atom is 0.357 e. The zero-order valence-corrected chi connectivity index (χ0v) is 14.8. The van der Waals surface area contributed by atoms with Crippen molar-refractivity contribution in [2.45, 2.75) is 25.6 Å². The van der Waals surface area contributed by atoms with E-state index in [0.29, 0.717) is 22.3 Å². The number of ether oxygens (including phenoxy) is 1. The number of hydrogen-bond donors (Lipinski definition) is 0. The summed E-state index contributed by atoms with van der Waals surface area (Å²) in [6.07, 6.45) is 3.30. The smallest absolute Gasteiger partial charge is 0.357 e. The lowest BCUT2D eigenvalue weighted by molar-refractivity contribution is 0.0460. The molecule has 2 aromatic heterocycles. The Balaban J connectivity index is 1.88. The van der Waals surface area contributed by atoms with Gasteiger partial charge in [-0.2, -0.15) is 0 Å². The average Bonchev–Trinajstić information content (AvgIpc) is 3.17. The van der Waals surface area contributed by atoms with Crippen LogP contribution in [0.5, 0.6) is 0 Å². The Morgan fingerprint density at radius 1 is 1.32 bits per heavy atom. The van der Waals surface area contributed by atoms with Gasteiger partial charge in [0.1, 0.15) is 18.2 Å². The molecule has 0 spiro atoms. The molecule has 0 fully saturated rings. The molecule has 3 aromatic rings. The Morgan fingerprint density at radius 2 is 2.04 bits per heavy atom. The number of thioether (sulfide) groups is 1. The molecule has 0 atom stereocenters. The fourth-order valence-corrected chi connectivity index (χ4v) is 2.93. The molecule has 3 rings (SSSR count). The minimum absolute atomic E-state index is 0.0587. The number of rotatable bonds is 5. The van der Waals surface area contributed by atoms with Crippen molar-refractivity contribution < 1.29 is 18.4 Å². The van der Waals surface area contributed by atoms with Gasteiger partial charge in [0, 0.05) is 5.69 Å². The van der Waals surface area contributed by atoms with Crippen molar-refractivity contribution in [2.75, 3.05) is 6.26 Å². The first kappa shape index (κ1) is 17.2. The summed E-state index contributed by atoms with van der Waals surface area (Å²) in [6.45, 7) is 3.61. The molecule has 1 aromatic carbocycles. The fraction of sp³-hybridized carbons (Fsp3) is 0.235. The zero-order chi connectivity index (χ0) is 18.0. The highest BCUT2D eigenvalue weighted by atomic mass is 32.2. The third-order valence-electron chi connectivity index (χ3n) is 3.73. The molecule has 0 N–H and O–H groups in total. The van der Waals surface area contributed by atoms with Gasteiger partial charge in [0.25, 0.3) is 0 Å². The van der Waals surface area contributed by atoms with Gasteiger partial charge in [0.2, 0.25) is 0 Å². The molecule has 0 aliphatic heterocycles. The van der Waals surface area contributed by atoms with Crippen molar-refractivity contribution in [1.29, 1.82) is 0 Å². The summed E-state index contributed by atoms with van der Waals surface area (Å²) in [5.41, 5.74) is 2.32. The summed E-state index contributed by atoms with van der Waals surface area (Å²) in [5.74, 6) is -0.267. The van der Waals surface area contributed by atoms with E-state index in [9.17, 15) is 9.18 Å². The molecule has 0 radical (unpaired) electrons. The molecule has 0 saturated carbocycles. The maximum absolute atomic E-state index is 13.2. The van der Waals surface area contributed by atoms with Crippen LogP contribution < -0.4 is 0 Å². The van der Waals surface area contributed by atoms with Crippen LogP contribution in [0.15, 0.2) is 40.1 Å². The van der Waals surface area contributed by atoms with Crippen LogP contribution in [0.3, 0.4) is 0 Å². The second kappa shape index (κ2) is 7.10. The second-order valence-electron chi connectivity index (χ2n) is 5.32. The summed E-state index contributed by atoms with van der Waals surface area (Å²) >= 11 is 1.38. The summed E-state index contributed by atoms with van der Waals surface area (Å²) in [6, 6.07) is 5.83. The van der Waals surface area contributed by atoms with Crippen molar-refractivity contribution in [3.05, 3.63) is 59.0 Å². The summed E-state index contributed by atoms with van der Waals surface area (Å²) in [7, 11) is 0. The topological polar surface area (TPSA) is 70.2 Å². The predicted octanol–water partition coefficient (Wildman–Crippen LogP) is 3.70. The van der Waals surface area contributed by atoms with Gasteiger partial charge in [-0.3, -0.25) is 4.57 Å². The van der Waals surface area contributed by atoms with E-state index in [2.05, 4.69) is 10.1 Å². The van der Waals surface area contributed by atoms with Crippen molar-refractivity contribution in [3.8, 4) is 5.69 Å². The summed E-state index contributed by atoms with van der Waals surface area (Å²) in [4.78, 5) is 16.8. The first-order valence-electron chi connectivity index (χ1n) is 7.47. The average molecular weight is 361 g/mol. The SMILES string of the molecule is CSc1ncc(C(=O)OCc2c(C)noc2C)n1-c1ccc(F)cc1. The van der Waals surface area contributed by atoms with Crippen LogP contribution in [-0.2, 0) is 11.3 Å². The van der Waals surface area contributed by atoms with E-state index in [1.54, 1.807) is 30.5 Å². The van der Waals surface area contributed by atoms with Gasteiger partial charge in [0.05, 0.1) is 17.5 Å². The van der Waals surface area contributed by atoms with Gasteiger partial charge in [-0.05, 0) is 44.4 Å². The van der Waals surface area contributed by atoms with Gasteiger partial charge in [-0.1, -0.05) is 16.9 Å². The summed E-state index contributed by atoms with van der Waals surface area (Å²) in [5, 5.41) is 4.44. The Morgan fingerprint density at radius 3 is 2.64 bits per heavy atom. The van der Waals surface area contributed by atoms with Crippen molar-refractivity contribution in [3.63, 3.8) is 0 Å². The minimum Gasteiger partial charge on any atom is -0.456 e. The highest BCUT2D eigenvalue weighted by Gasteiger charge is 2.20. The number of hydrogen-bond acceptors (Lipinski definition) is 6. The third kappa shape index (κ3) is 3.43. The van der Waals surface area contributed by atoms with Crippen LogP contribution in [-0.4, -0.2) is 26.9 Å². The highest BCUT2D eigenvalue weighted by molar-refractivity contribution is 7.98. The van der Waals surface area contributed by atoms with Crippen LogP contribution in [0.25, 0.3) is 5.69 Å². The second-order valence-corrected chi connectivity index (χ2v) is 6.09. The lowest BCUT2D eigenvalue weighted by Crippen LogP contribution is -2.12. The molecule has 0 amide bonds. The Kier molecular flexibility index (Phi) is 4.89. The zero-order valence-electron chi connectivity index (χ0n) is 13.9. The van der Waals surface area contributed by atoms with Crippen LogP contribution >= 0.6 is 11.8 Å².